The van der Waals surface area contributed by atoms with Gasteiger partial charge in [-0.1, -0.05) is 41.9 Å². The molecule has 3 nitrogen and oxygen atoms in total. The molecule has 1 N–H and O–H groups in total. The minimum absolute atomic E-state index is 0.799. The molecule has 0 fully saturated rings. The first-order valence-corrected chi connectivity index (χ1v) is 6.88. The summed E-state index contributed by atoms with van der Waals surface area (Å²) in [5.74, 6) is 0.846. The van der Waals surface area contributed by atoms with E-state index in [2.05, 4.69) is 33.5 Å². The monoisotopic (exact) mass is 283 g/mol. The average Bonchev–Trinajstić information content (AvgIpc) is 2.51. The fourth-order valence-corrected chi connectivity index (χ4v) is 2.49. The van der Waals surface area contributed by atoms with E-state index in [0.717, 1.165) is 29.2 Å². The molecule has 0 aliphatic heterocycles. The van der Waals surface area contributed by atoms with Crippen LogP contribution in [0, 0.1) is 0 Å². The van der Waals surface area contributed by atoms with Crippen molar-refractivity contribution in [2.75, 3.05) is 11.9 Å². The van der Waals surface area contributed by atoms with E-state index in [4.69, 9.17) is 11.6 Å². The minimum Gasteiger partial charge on any atom is -0.370 e. The van der Waals surface area contributed by atoms with Crippen molar-refractivity contribution in [3.05, 3.63) is 65.6 Å². The van der Waals surface area contributed by atoms with Gasteiger partial charge in [0.05, 0.1) is 0 Å². The zero-order valence-electron chi connectivity index (χ0n) is 10.9. The zero-order chi connectivity index (χ0) is 13.8. The van der Waals surface area contributed by atoms with Gasteiger partial charge < -0.3 is 5.32 Å². The third kappa shape index (κ3) is 2.73. The second-order valence-electron chi connectivity index (χ2n) is 4.52. The number of rotatable bonds is 4. The second-order valence-corrected chi connectivity index (χ2v) is 4.93. The van der Waals surface area contributed by atoms with Crippen LogP contribution >= 0.6 is 11.6 Å². The Morgan fingerprint density at radius 1 is 1.00 bits per heavy atom. The quantitative estimate of drug-likeness (QED) is 0.788. The maximum absolute atomic E-state index is 6.23. The van der Waals surface area contributed by atoms with Crippen molar-refractivity contribution in [1.29, 1.82) is 0 Å². The van der Waals surface area contributed by atoms with Crippen LogP contribution in [0.2, 0.25) is 5.02 Å². The lowest BCUT2D eigenvalue weighted by atomic mass is 10.0. The van der Waals surface area contributed by atoms with Crippen molar-refractivity contribution in [2.24, 2.45) is 0 Å². The predicted octanol–water partition coefficient (Wildman–Crippen LogP) is 3.94. The van der Waals surface area contributed by atoms with Crippen molar-refractivity contribution < 1.29 is 0 Å². The minimum atomic E-state index is 0.799. The molecule has 0 aliphatic rings. The molecule has 100 valence electrons. The maximum Gasteiger partial charge on any atom is 0.129 e. The molecule has 3 aromatic rings. The van der Waals surface area contributed by atoms with Gasteiger partial charge in [0.25, 0.3) is 0 Å². The number of nitrogens with one attached hydrogen (secondary N) is 1. The number of hydrogen-bond acceptors (Lipinski definition) is 3. The van der Waals surface area contributed by atoms with Gasteiger partial charge in [0.15, 0.2) is 0 Å². The van der Waals surface area contributed by atoms with E-state index in [0.29, 0.717) is 0 Å². The first-order chi connectivity index (χ1) is 9.84. The van der Waals surface area contributed by atoms with Crippen LogP contribution in [0.4, 0.5) is 5.82 Å². The zero-order valence-corrected chi connectivity index (χ0v) is 11.6. The normalized spacial score (nSPS) is 10.7. The van der Waals surface area contributed by atoms with E-state index < -0.39 is 0 Å². The molecule has 0 amide bonds. The fourth-order valence-electron chi connectivity index (χ4n) is 2.26. The number of anilines is 1. The van der Waals surface area contributed by atoms with Gasteiger partial charge in [-0.2, -0.15) is 0 Å². The summed E-state index contributed by atoms with van der Waals surface area (Å²) in [6.45, 7) is 0.822. The molecule has 20 heavy (non-hydrogen) atoms. The lowest BCUT2D eigenvalue weighted by Crippen LogP contribution is -2.06. The Kier molecular flexibility index (Phi) is 3.79. The Morgan fingerprint density at radius 2 is 1.85 bits per heavy atom. The van der Waals surface area contributed by atoms with Gasteiger partial charge in [0, 0.05) is 23.2 Å². The van der Waals surface area contributed by atoms with Crippen LogP contribution in [0.1, 0.15) is 5.56 Å². The number of halogens is 1. The lowest BCUT2D eigenvalue weighted by molar-refractivity contribution is 1.01. The maximum atomic E-state index is 6.23. The Labute approximate surface area is 122 Å². The lowest BCUT2D eigenvalue weighted by Gasteiger charge is -2.09. The third-order valence-electron chi connectivity index (χ3n) is 3.24. The van der Waals surface area contributed by atoms with E-state index in [1.807, 2.05) is 24.3 Å². The molecule has 0 unspecified atom stereocenters. The summed E-state index contributed by atoms with van der Waals surface area (Å²) in [6.07, 6.45) is 4.19. The highest BCUT2D eigenvalue weighted by Crippen LogP contribution is 2.26. The molecule has 4 heteroatoms. The summed E-state index contributed by atoms with van der Waals surface area (Å²) >= 11 is 6.23. The van der Waals surface area contributed by atoms with Gasteiger partial charge >= 0.3 is 0 Å². The summed E-state index contributed by atoms with van der Waals surface area (Å²) in [6, 6.07) is 14.1. The molecule has 0 aliphatic carbocycles. The van der Waals surface area contributed by atoms with Crippen molar-refractivity contribution >= 4 is 28.2 Å². The predicted molar refractivity (Wildman–Crippen MR) is 83.2 cm³/mol. The Bertz CT molecular complexity index is 713. The number of fused-ring (bicyclic) bond motifs is 1. The van der Waals surface area contributed by atoms with E-state index in [1.54, 1.807) is 12.5 Å². The molecule has 0 spiro atoms. The summed E-state index contributed by atoms with van der Waals surface area (Å²) in [5, 5.41) is 6.41. The highest BCUT2D eigenvalue weighted by Gasteiger charge is 2.04. The molecular formula is C16H14ClN3. The van der Waals surface area contributed by atoms with E-state index in [-0.39, 0.29) is 0 Å². The van der Waals surface area contributed by atoms with Crippen LogP contribution < -0.4 is 5.32 Å². The van der Waals surface area contributed by atoms with Gasteiger partial charge in [-0.3, -0.25) is 0 Å². The number of aromatic nitrogens is 2. The molecule has 0 saturated heterocycles. The Morgan fingerprint density at radius 3 is 2.65 bits per heavy atom. The van der Waals surface area contributed by atoms with Crippen molar-refractivity contribution in [3.63, 3.8) is 0 Å². The first-order valence-electron chi connectivity index (χ1n) is 6.50. The summed E-state index contributed by atoms with van der Waals surface area (Å²) in [5.41, 5.74) is 1.28. The largest absolute Gasteiger partial charge is 0.370 e. The van der Waals surface area contributed by atoms with Gasteiger partial charge in [-0.05, 0) is 29.5 Å². The van der Waals surface area contributed by atoms with Crippen LogP contribution in [-0.2, 0) is 6.42 Å². The fraction of sp³-hybridized carbons (Fsp3) is 0.125. The Hall–Kier alpha value is -2.13. The number of nitrogens with zero attached hydrogens (tertiary/aromatic N) is 2. The average molecular weight is 284 g/mol. The van der Waals surface area contributed by atoms with Crippen LogP contribution in [0.5, 0.6) is 0 Å². The van der Waals surface area contributed by atoms with Crippen molar-refractivity contribution in [2.45, 2.75) is 6.42 Å². The van der Waals surface area contributed by atoms with Gasteiger partial charge in [-0.25, -0.2) is 9.97 Å². The van der Waals surface area contributed by atoms with E-state index >= 15 is 0 Å². The van der Waals surface area contributed by atoms with Crippen LogP contribution in [0.3, 0.4) is 0 Å². The van der Waals surface area contributed by atoms with Crippen molar-refractivity contribution in [3.8, 4) is 0 Å². The molecule has 3 rings (SSSR count). The second kappa shape index (κ2) is 5.88. The van der Waals surface area contributed by atoms with Gasteiger partial charge in [0.1, 0.15) is 12.1 Å². The van der Waals surface area contributed by atoms with Crippen molar-refractivity contribution in [1.82, 2.24) is 9.97 Å². The van der Waals surface area contributed by atoms with Gasteiger partial charge in [-0.15, -0.1) is 0 Å². The molecule has 0 radical (unpaired) electrons. The molecule has 0 bridgehead atoms. The first kappa shape index (κ1) is 12.9. The summed E-state index contributed by atoms with van der Waals surface area (Å²) in [4.78, 5) is 8.04. The molecular weight excluding hydrogens is 270 g/mol. The standard InChI is InChI=1S/C16H14ClN3/c17-15-6-5-12(13-3-1-2-4-14(13)15)7-10-19-16-8-9-18-11-20-16/h1-6,8-9,11H,7,10H2,(H,18,19,20). The highest BCUT2D eigenvalue weighted by molar-refractivity contribution is 6.35. The van der Waals surface area contributed by atoms with Gasteiger partial charge in [0.2, 0.25) is 0 Å². The smallest absolute Gasteiger partial charge is 0.129 e. The highest BCUT2D eigenvalue weighted by atomic mass is 35.5. The summed E-state index contributed by atoms with van der Waals surface area (Å²) in [7, 11) is 0. The summed E-state index contributed by atoms with van der Waals surface area (Å²) < 4.78 is 0. The third-order valence-corrected chi connectivity index (χ3v) is 3.57. The molecule has 0 saturated carbocycles. The van der Waals surface area contributed by atoms with E-state index in [9.17, 15) is 0 Å². The number of hydrogen-bond donors (Lipinski definition) is 1. The SMILES string of the molecule is Clc1ccc(CCNc2ccncn2)c2ccccc12. The molecule has 1 aromatic heterocycles. The van der Waals surface area contributed by atoms with E-state index in [1.165, 1.54) is 10.9 Å². The topological polar surface area (TPSA) is 37.8 Å². The molecule has 2 aromatic carbocycles. The molecule has 1 heterocycles. The van der Waals surface area contributed by atoms with Crippen LogP contribution in [0.25, 0.3) is 10.8 Å². The Balaban J connectivity index is 1.77. The van der Waals surface area contributed by atoms with Crippen LogP contribution in [-0.4, -0.2) is 16.5 Å². The molecule has 0 atom stereocenters. The van der Waals surface area contributed by atoms with Crippen LogP contribution in [0.15, 0.2) is 55.0 Å². The number of benzene rings is 2.